The lowest BCUT2D eigenvalue weighted by molar-refractivity contribution is -0.0213. The molecule has 1 amide bonds. The van der Waals surface area contributed by atoms with Gasteiger partial charge in [0.05, 0.1) is 18.8 Å². The first-order valence-corrected chi connectivity index (χ1v) is 7.76. The number of hydrogen-bond acceptors (Lipinski definition) is 4. The van der Waals surface area contributed by atoms with E-state index in [1.54, 1.807) is 6.92 Å². The van der Waals surface area contributed by atoms with E-state index in [9.17, 15) is 9.90 Å². The molecule has 0 aliphatic carbocycles. The molecule has 1 atom stereocenters. The Morgan fingerprint density at radius 1 is 1.32 bits per heavy atom. The summed E-state index contributed by atoms with van der Waals surface area (Å²) in [5.74, 6) is -0.127. The molecule has 22 heavy (non-hydrogen) atoms. The van der Waals surface area contributed by atoms with Crippen molar-refractivity contribution in [1.29, 1.82) is 0 Å². The van der Waals surface area contributed by atoms with Crippen molar-refractivity contribution in [3.05, 3.63) is 34.9 Å². The van der Waals surface area contributed by atoms with Crippen LogP contribution in [0.15, 0.2) is 18.2 Å². The average Bonchev–Trinajstić information content (AvgIpc) is 2.46. The summed E-state index contributed by atoms with van der Waals surface area (Å²) in [6.45, 7) is 9.41. The van der Waals surface area contributed by atoms with Gasteiger partial charge in [-0.2, -0.15) is 0 Å². The minimum absolute atomic E-state index is 0.127. The van der Waals surface area contributed by atoms with Gasteiger partial charge < -0.3 is 15.2 Å². The van der Waals surface area contributed by atoms with E-state index in [2.05, 4.69) is 10.2 Å². The monoisotopic (exact) mass is 306 g/mol. The molecule has 1 fully saturated rings. The van der Waals surface area contributed by atoms with Crippen molar-refractivity contribution < 1.29 is 14.6 Å². The second-order valence-corrected chi connectivity index (χ2v) is 6.33. The van der Waals surface area contributed by atoms with Crippen LogP contribution in [0.3, 0.4) is 0 Å². The maximum Gasteiger partial charge on any atom is 0.251 e. The predicted molar refractivity (Wildman–Crippen MR) is 86.1 cm³/mol. The molecule has 0 aromatic heterocycles. The molecular weight excluding hydrogens is 280 g/mol. The standard InChI is InChI=1S/C17H26N2O3/c1-13-5-4-6-14(2)15(13)16(20)18-11-17(3,21)12-19-7-9-22-10-8-19/h4-6,21H,7-12H2,1-3H3,(H,18,20). The molecule has 122 valence electrons. The lowest BCUT2D eigenvalue weighted by Crippen LogP contribution is -2.51. The van der Waals surface area contributed by atoms with Crippen molar-refractivity contribution in [1.82, 2.24) is 10.2 Å². The minimum atomic E-state index is -0.955. The highest BCUT2D eigenvalue weighted by molar-refractivity contribution is 5.97. The largest absolute Gasteiger partial charge is 0.387 e. The smallest absolute Gasteiger partial charge is 0.251 e. The molecule has 5 heteroatoms. The number of aryl methyl sites for hydroxylation is 2. The molecule has 2 rings (SSSR count). The van der Waals surface area contributed by atoms with Gasteiger partial charge in [0.15, 0.2) is 0 Å². The lowest BCUT2D eigenvalue weighted by Gasteiger charge is -2.34. The maximum absolute atomic E-state index is 12.4. The van der Waals surface area contributed by atoms with E-state index in [-0.39, 0.29) is 12.5 Å². The number of benzene rings is 1. The molecule has 0 radical (unpaired) electrons. The zero-order valence-corrected chi connectivity index (χ0v) is 13.7. The summed E-state index contributed by atoms with van der Waals surface area (Å²) in [6.07, 6.45) is 0. The van der Waals surface area contributed by atoms with Crippen molar-refractivity contribution in [3.8, 4) is 0 Å². The number of carbonyl (C=O) groups excluding carboxylic acids is 1. The first-order chi connectivity index (χ1) is 10.4. The highest BCUT2D eigenvalue weighted by Crippen LogP contribution is 2.14. The molecule has 0 bridgehead atoms. The van der Waals surface area contributed by atoms with Gasteiger partial charge in [0, 0.05) is 31.7 Å². The van der Waals surface area contributed by atoms with Crippen molar-refractivity contribution in [2.24, 2.45) is 0 Å². The molecule has 1 aromatic rings. The van der Waals surface area contributed by atoms with Crippen molar-refractivity contribution in [3.63, 3.8) is 0 Å². The SMILES string of the molecule is Cc1cccc(C)c1C(=O)NCC(C)(O)CN1CCOCC1. The Morgan fingerprint density at radius 2 is 1.91 bits per heavy atom. The van der Waals surface area contributed by atoms with Crippen LogP contribution in [0.25, 0.3) is 0 Å². The van der Waals surface area contributed by atoms with Gasteiger partial charge in [-0.3, -0.25) is 9.69 Å². The Morgan fingerprint density at radius 3 is 2.50 bits per heavy atom. The third kappa shape index (κ3) is 4.53. The third-order valence-corrected chi connectivity index (χ3v) is 4.01. The van der Waals surface area contributed by atoms with Crippen LogP contribution in [-0.2, 0) is 4.74 Å². The summed E-state index contributed by atoms with van der Waals surface area (Å²) in [6, 6.07) is 5.79. The van der Waals surface area contributed by atoms with Crippen LogP contribution in [-0.4, -0.2) is 60.9 Å². The molecule has 1 saturated heterocycles. The number of carbonyl (C=O) groups is 1. The number of nitrogens with one attached hydrogen (secondary N) is 1. The molecule has 1 aromatic carbocycles. The normalized spacial score (nSPS) is 18.7. The van der Waals surface area contributed by atoms with Crippen molar-refractivity contribution in [2.75, 3.05) is 39.4 Å². The molecule has 2 N–H and O–H groups in total. The van der Waals surface area contributed by atoms with Crippen molar-refractivity contribution >= 4 is 5.91 Å². The summed E-state index contributed by atoms with van der Waals surface area (Å²) < 4.78 is 5.30. The summed E-state index contributed by atoms with van der Waals surface area (Å²) >= 11 is 0. The van der Waals surface area contributed by atoms with E-state index >= 15 is 0 Å². The average molecular weight is 306 g/mol. The fourth-order valence-corrected chi connectivity index (χ4v) is 2.83. The van der Waals surface area contributed by atoms with Gasteiger partial charge in [-0.05, 0) is 31.9 Å². The van der Waals surface area contributed by atoms with Gasteiger partial charge in [0.1, 0.15) is 0 Å². The first-order valence-electron chi connectivity index (χ1n) is 7.76. The Kier molecular flexibility index (Phi) is 5.56. The summed E-state index contributed by atoms with van der Waals surface area (Å²) in [7, 11) is 0. The van der Waals surface area contributed by atoms with Gasteiger partial charge in [0.2, 0.25) is 0 Å². The van der Waals surface area contributed by atoms with E-state index < -0.39 is 5.60 Å². The second kappa shape index (κ2) is 7.22. The Hall–Kier alpha value is -1.43. The Labute approximate surface area is 132 Å². The van der Waals surface area contributed by atoms with E-state index in [1.165, 1.54) is 0 Å². The van der Waals surface area contributed by atoms with Gasteiger partial charge >= 0.3 is 0 Å². The highest BCUT2D eigenvalue weighted by atomic mass is 16.5. The maximum atomic E-state index is 12.4. The van der Waals surface area contributed by atoms with Crippen LogP contribution < -0.4 is 5.32 Å². The number of hydrogen-bond donors (Lipinski definition) is 2. The zero-order chi connectivity index (χ0) is 16.2. The number of nitrogens with zero attached hydrogens (tertiary/aromatic N) is 1. The predicted octanol–water partition coefficient (Wildman–Crippen LogP) is 1.12. The molecule has 1 unspecified atom stereocenters. The number of morpholine rings is 1. The fourth-order valence-electron chi connectivity index (χ4n) is 2.83. The summed E-state index contributed by atoms with van der Waals surface area (Å²) in [5, 5.41) is 13.4. The highest BCUT2D eigenvalue weighted by Gasteiger charge is 2.26. The van der Waals surface area contributed by atoms with Crippen LogP contribution in [0, 0.1) is 13.8 Å². The third-order valence-electron chi connectivity index (χ3n) is 4.01. The zero-order valence-electron chi connectivity index (χ0n) is 13.7. The Balaban J connectivity index is 1.91. The molecule has 5 nitrogen and oxygen atoms in total. The quantitative estimate of drug-likeness (QED) is 0.856. The van der Waals surface area contributed by atoms with E-state index in [4.69, 9.17) is 4.74 Å². The number of rotatable bonds is 5. The second-order valence-electron chi connectivity index (χ2n) is 6.33. The topological polar surface area (TPSA) is 61.8 Å². The van der Waals surface area contributed by atoms with Crippen LogP contribution >= 0.6 is 0 Å². The summed E-state index contributed by atoms with van der Waals surface area (Å²) in [4.78, 5) is 14.5. The molecule has 1 aliphatic heterocycles. The molecule has 1 heterocycles. The van der Waals surface area contributed by atoms with Crippen LogP contribution in [0.1, 0.15) is 28.4 Å². The van der Waals surface area contributed by atoms with E-state index in [0.29, 0.717) is 25.3 Å². The number of ether oxygens (including phenoxy) is 1. The molecule has 0 spiro atoms. The van der Waals surface area contributed by atoms with E-state index in [1.807, 2.05) is 32.0 Å². The fraction of sp³-hybridized carbons (Fsp3) is 0.588. The van der Waals surface area contributed by atoms with Gasteiger partial charge in [-0.1, -0.05) is 18.2 Å². The van der Waals surface area contributed by atoms with Crippen LogP contribution in [0.4, 0.5) is 0 Å². The van der Waals surface area contributed by atoms with Gasteiger partial charge in [0.25, 0.3) is 5.91 Å². The molecule has 1 aliphatic rings. The number of β-amino-alcohol motifs (C(OH)–C–C–N with tert-alkyl or cyclic N) is 1. The number of amides is 1. The lowest BCUT2D eigenvalue weighted by atomic mass is 10.0. The molecule has 0 saturated carbocycles. The van der Waals surface area contributed by atoms with E-state index in [0.717, 1.165) is 24.2 Å². The Bertz CT molecular complexity index is 502. The molecular formula is C17H26N2O3. The van der Waals surface area contributed by atoms with Crippen LogP contribution in [0.2, 0.25) is 0 Å². The number of aliphatic hydroxyl groups is 1. The summed E-state index contributed by atoms with van der Waals surface area (Å²) in [5.41, 5.74) is 1.64. The van der Waals surface area contributed by atoms with Gasteiger partial charge in [-0.25, -0.2) is 0 Å². The van der Waals surface area contributed by atoms with Crippen molar-refractivity contribution in [2.45, 2.75) is 26.4 Å². The van der Waals surface area contributed by atoms with Gasteiger partial charge in [-0.15, -0.1) is 0 Å². The minimum Gasteiger partial charge on any atom is -0.387 e. The first kappa shape index (κ1) is 16.9. The van der Waals surface area contributed by atoms with Crippen LogP contribution in [0.5, 0.6) is 0 Å².